The fraction of sp³-hybridized carbons (Fsp3) is 0.318. The molecular weight excluding hydrogens is 440 g/mol. The molecule has 0 radical (unpaired) electrons. The minimum Gasteiger partial charge on any atom is -0.495 e. The van der Waals surface area contributed by atoms with Gasteiger partial charge in [-0.1, -0.05) is 11.6 Å². The molecule has 0 amide bonds. The molecule has 2 rings (SSSR count). The topological polar surface area (TPSA) is 85.9 Å². The lowest BCUT2D eigenvalue weighted by atomic mass is 10.1. The average Bonchev–Trinajstić information content (AvgIpc) is 2.66. The second-order valence-electron chi connectivity index (χ2n) is 7.13. The number of carbonyl (C=O) groups excluding carboxylic acids is 2. The van der Waals surface area contributed by atoms with Crippen LogP contribution in [-0.2, 0) is 9.47 Å². The summed E-state index contributed by atoms with van der Waals surface area (Å²) in [6, 6.07) is 9.57. The van der Waals surface area contributed by atoms with E-state index in [4.69, 9.17) is 38.0 Å². The van der Waals surface area contributed by atoms with E-state index in [1.807, 2.05) is 0 Å². The van der Waals surface area contributed by atoms with Crippen molar-refractivity contribution in [2.24, 2.45) is 0 Å². The van der Waals surface area contributed by atoms with Crippen LogP contribution in [0.2, 0.25) is 5.02 Å². The van der Waals surface area contributed by atoms with E-state index in [2.05, 4.69) is 10.6 Å². The third kappa shape index (κ3) is 7.41. The molecule has 7 nitrogen and oxygen atoms in total. The Hall–Kier alpha value is -2.84. The number of carbonyl (C=O) groups is 2. The molecule has 0 saturated heterocycles. The van der Waals surface area contributed by atoms with Crippen LogP contribution in [0.25, 0.3) is 0 Å². The summed E-state index contributed by atoms with van der Waals surface area (Å²) in [6.07, 6.45) is -0.624. The first kappa shape index (κ1) is 24.4. The van der Waals surface area contributed by atoms with E-state index in [1.165, 1.54) is 13.2 Å². The first-order chi connectivity index (χ1) is 14.6. The first-order valence-electron chi connectivity index (χ1n) is 9.57. The minimum absolute atomic E-state index is 0.192. The van der Waals surface area contributed by atoms with Crippen LogP contribution in [0.3, 0.4) is 0 Å². The molecule has 2 aromatic rings. The van der Waals surface area contributed by atoms with Crippen LogP contribution in [0.15, 0.2) is 36.4 Å². The normalized spacial score (nSPS) is 10.6. The van der Waals surface area contributed by atoms with Crippen molar-refractivity contribution in [2.45, 2.75) is 39.9 Å². The number of hydrogen-bond donors (Lipinski definition) is 2. The van der Waals surface area contributed by atoms with E-state index in [9.17, 15) is 9.59 Å². The van der Waals surface area contributed by atoms with E-state index in [0.29, 0.717) is 22.1 Å². The summed E-state index contributed by atoms with van der Waals surface area (Å²) >= 11 is 11.4. The summed E-state index contributed by atoms with van der Waals surface area (Å²) in [6.45, 7) is 6.97. The van der Waals surface area contributed by atoms with Crippen LogP contribution in [0.4, 0.5) is 11.4 Å². The Morgan fingerprint density at radius 1 is 0.903 bits per heavy atom. The molecule has 0 heterocycles. The highest BCUT2D eigenvalue weighted by atomic mass is 35.5. The molecule has 0 bridgehead atoms. The maximum Gasteiger partial charge on any atom is 0.338 e. The number of halogens is 1. The maximum absolute atomic E-state index is 12.4. The average molecular weight is 465 g/mol. The molecule has 2 aromatic carbocycles. The number of nitrogens with one attached hydrogen (secondary N) is 2. The SMILES string of the molecule is COc1ccc(Cl)cc1NC(=S)Nc1cc(C(=O)OC(C)C)cc(C(=O)OC(C)C)c1. The molecule has 2 N–H and O–H groups in total. The number of thiocarbonyl (C=S) groups is 1. The van der Waals surface area contributed by atoms with Gasteiger partial charge in [-0.15, -0.1) is 0 Å². The van der Waals surface area contributed by atoms with Crippen molar-refractivity contribution >= 4 is 52.2 Å². The Balaban J connectivity index is 2.31. The molecular formula is C22H25ClN2O5S. The molecule has 0 aliphatic heterocycles. The van der Waals surface area contributed by atoms with E-state index in [1.54, 1.807) is 58.0 Å². The molecule has 0 aliphatic carbocycles. The second kappa shape index (κ2) is 11.0. The van der Waals surface area contributed by atoms with Crippen LogP contribution in [0.1, 0.15) is 48.4 Å². The summed E-state index contributed by atoms with van der Waals surface area (Å²) in [4.78, 5) is 24.8. The second-order valence-corrected chi connectivity index (χ2v) is 7.98. The fourth-order valence-corrected chi connectivity index (χ4v) is 2.96. The predicted octanol–water partition coefficient (Wildman–Crippen LogP) is 5.29. The predicted molar refractivity (Wildman–Crippen MR) is 125 cm³/mol. The molecule has 166 valence electrons. The van der Waals surface area contributed by atoms with Crippen molar-refractivity contribution in [3.05, 3.63) is 52.5 Å². The Bertz CT molecular complexity index is 938. The zero-order valence-electron chi connectivity index (χ0n) is 17.9. The highest BCUT2D eigenvalue weighted by Crippen LogP contribution is 2.28. The van der Waals surface area contributed by atoms with E-state index >= 15 is 0 Å². The van der Waals surface area contributed by atoms with Crippen LogP contribution >= 0.6 is 23.8 Å². The van der Waals surface area contributed by atoms with Gasteiger partial charge in [0.2, 0.25) is 0 Å². The van der Waals surface area contributed by atoms with Gasteiger partial charge >= 0.3 is 11.9 Å². The molecule has 0 aliphatic rings. The highest BCUT2D eigenvalue weighted by molar-refractivity contribution is 7.80. The van der Waals surface area contributed by atoms with Crippen molar-refractivity contribution in [3.63, 3.8) is 0 Å². The van der Waals surface area contributed by atoms with Crippen LogP contribution in [-0.4, -0.2) is 36.4 Å². The Labute approximate surface area is 192 Å². The van der Waals surface area contributed by atoms with E-state index in [-0.39, 0.29) is 28.4 Å². The summed E-state index contributed by atoms with van der Waals surface area (Å²) in [5.74, 6) is -0.579. The zero-order chi connectivity index (χ0) is 23.1. The molecule has 0 unspecified atom stereocenters. The van der Waals surface area contributed by atoms with Crippen molar-refractivity contribution in [1.82, 2.24) is 0 Å². The minimum atomic E-state index is -0.562. The van der Waals surface area contributed by atoms with Crippen LogP contribution in [0, 0.1) is 0 Å². The Morgan fingerprint density at radius 3 is 1.94 bits per heavy atom. The van der Waals surface area contributed by atoms with Gasteiger partial charge in [0.25, 0.3) is 0 Å². The molecule has 0 aromatic heterocycles. The van der Waals surface area contributed by atoms with Crippen molar-refractivity contribution in [3.8, 4) is 5.75 Å². The molecule has 0 fully saturated rings. The Morgan fingerprint density at radius 2 is 1.45 bits per heavy atom. The van der Waals surface area contributed by atoms with Gasteiger partial charge in [-0.3, -0.25) is 0 Å². The van der Waals surface area contributed by atoms with Crippen molar-refractivity contribution in [1.29, 1.82) is 0 Å². The number of benzene rings is 2. The Kier molecular flexibility index (Phi) is 8.65. The zero-order valence-corrected chi connectivity index (χ0v) is 19.5. The van der Waals surface area contributed by atoms with Crippen LogP contribution < -0.4 is 15.4 Å². The summed E-state index contributed by atoms with van der Waals surface area (Å²) in [5.41, 5.74) is 1.35. The lowest BCUT2D eigenvalue weighted by Crippen LogP contribution is -2.21. The van der Waals surface area contributed by atoms with Gasteiger partial charge in [0.05, 0.1) is 36.1 Å². The molecule has 31 heavy (non-hydrogen) atoms. The standard InChI is InChI=1S/C22H25ClN2O5S/c1-12(2)29-20(26)14-8-15(21(27)30-13(3)4)10-17(9-14)24-22(31)25-18-11-16(23)6-7-19(18)28-5/h6-13H,1-5H3,(H2,24,25,31). The lowest BCUT2D eigenvalue weighted by molar-refractivity contribution is 0.0377. The summed E-state index contributed by atoms with van der Waals surface area (Å²) in [7, 11) is 1.53. The van der Waals surface area contributed by atoms with Gasteiger partial charge in [0.15, 0.2) is 5.11 Å². The highest BCUT2D eigenvalue weighted by Gasteiger charge is 2.17. The first-order valence-corrected chi connectivity index (χ1v) is 10.4. The number of ether oxygens (including phenoxy) is 3. The van der Waals surface area contributed by atoms with Gasteiger partial charge in [0.1, 0.15) is 5.75 Å². The van der Waals surface area contributed by atoms with Crippen LogP contribution in [0.5, 0.6) is 5.75 Å². The smallest absolute Gasteiger partial charge is 0.338 e. The lowest BCUT2D eigenvalue weighted by Gasteiger charge is -2.16. The number of anilines is 2. The van der Waals surface area contributed by atoms with Crippen molar-refractivity contribution < 1.29 is 23.8 Å². The number of methoxy groups -OCH3 is 1. The fourth-order valence-electron chi connectivity index (χ4n) is 2.56. The number of hydrogen-bond acceptors (Lipinski definition) is 6. The molecule has 0 saturated carbocycles. The van der Waals surface area contributed by atoms with E-state index in [0.717, 1.165) is 0 Å². The van der Waals surface area contributed by atoms with Gasteiger partial charge in [-0.2, -0.15) is 0 Å². The van der Waals surface area contributed by atoms with E-state index < -0.39 is 11.9 Å². The largest absolute Gasteiger partial charge is 0.495 e. The van der Waals surface area contributed by atoms with Gasteiger partial charge < -0.3 is 24.8 Å². The number of rotatable bonds is 7. The third-order valence-electron chi connectivity index (χ3n) is 3.76. The third-order valence-corrected chi connectivity index (χ3v) is 4.20. The molecule has 0 atom stereocenters. The number of esters is 2. The van der Waals surface area contributed by atoms with Gasteiger partial charge in [0, 0.05) is 10.7 Å². The van der Waals surface area contributed by atoms with Gasteiger partial charge in [-0.25, -0.2) is 9.59 Å². The monoisotopic (exact) mass is 464 g/mol. The van der Waals surface area contributed by atoms with Gasteiger partial charge in [-0.05, 0) is 76.3 Å². The maximum atomic E-state index is 12.4. The summed E-state index contributed by atoms with van der Waals surface area (Å²) < 4.78 is 15.8. The van der Waals surface area contributed by atoms with Crippen molar-refractivity contribution in [2.75, 3.05) is 17.7 Å². The summed E-state index contributed by atoms with van der Waals surface area (Å²) in [5, 5.41) is 6.67. The quantitative estimate of drug-likeness (QED) is 0.422. The molecule has 9 heteroatoms. The molecule has 0 spiro atoms.